The second-order valence-electron chi connectivity index (χ2n) is 7.68. The third kappa shape index (κ3) is 4.69. The number of aryl methyl sites for hydroxylation is 2. The third-order valence-corrected chi connectivity index (χ3v) is 6.51. The van der Waals surface area contributed by atoms with Gasteiger partial charge in [-0.1, -0.05) is 88.7 Å². The first kappa shape index (κ1) is 20.3. The molecule has 0 N–H and O–H groups in total. The van der Waals surface area contributed by atoms with Gasteiger partial charge in [0.25, 0.3) is 0 Å². The van der Waals surface area contributed by atoms with E-state index in [1.807, 2.05) is 31.2 Å². The van der Waals surface area contributed by atoms with E-state index in [0.29, 0.717) is 15.2 Å². The van der Waals surface area contributed by atoms with Crippen molar-refractivity contribution in [1.82, 2.24) is 0 Å². The molecule has 3 heteroatoms. The van der Waals surface area contributed by atoms with Crippen LogP contribution in [0.4, 0.5) is 0 Å². The molecule has 0 amide bonds. The normalized spacial score (nSPS) is 11.7. The van der Waals surface area contributed by atoms with Gasteiger partial charge in [-0.05, 0) is 36.3 Å². The van der Waals surface area contributed by atoms with Gasteiger partial charge in [-0.2, -0.15) is 0 Å². The van der Waals surface area contributed by atoms with Crippen LogP contribution in [0.15, 0.2) is 66.7 Å². The molecule has 3 aromatic rings. The van der Waals surface area contributed by atoms with Crippen molar-refractivity contribution < 1.29 is 9.53 Å². The average molecular weight is 390 g/mol. The van der Waals surface area contributed by atoms with Crippen molar-refractivity contribution >= 4 is 20.2 Å². The van der Waals surface area contributed by atoms with Crippen LogP contribution in [0.2, 0.25) is 0 Å². The molecule has 144 valence electrons. The lowest BCUT2D eigenvalue weighted by Crippen LogP contribution is -2.18. The van der Waals surface area contributed by atoms with Crippen molar-refractivity contribution in [2.45, 2.75) is 39.5 Å². The lowest BCUT2D eigenvalue weighted by molar-refractivity contribution is 0.112. The van der Waals surface area contributed by atoms with Gasteiger partial charge < -0.3 is 4.74 Å². The van der Waals surface area contributed by atoms with Crippen LogP contribution in [0.1, 0.15) is 46.5 Å². The van der Waals surface area contributed by atoms with Crippen LogP contribution in [0.3, 0.4) is 0 Å². The Morgan fingerprint density at radius 2 is 1.71 bits per heavy atom. The third-order valence-electron chi connectivity index (χ3n) is 4.89. The minimum Gasteiger partial charge on any atom is -0.488 e. The Bertz CT molecular complexity index is 962. The fourth-order valence-corrected chi connectivity index (χ4v) is 4.81. The SMILES string of the molecule is Cc1ccc(PC(C)(C)c2cccc(C)c2OCc2ccccc2)c(C=O)c1. The highest BCUT2D eigenvalue weighted by Gasteiger charge is 2.27. The first-order valence-corrected chi connectivity index (χ1v) is 10.5. The first-order chi connectivity index (χ1) is 13.4. The van der Waals surface area contributed by atoms with Gasteiger partial charge in [0.05, 0.1) is 0 Å². The van der Waals surface area contributed by atoms with Gasteiger partial charge >= 0.3 is 0 Å². The summed E-state index contributed by atoms with van der Waals surface area (Å²) < 4.78 is 6.29. The molecule has 3 aromatic carbocycles. The number of carbonyl (C=O) groups is 1. The van der Waals surface area contributed by atoms with Gasteiger partial charge in [-0.3, -0.25) is 4.79 Å². The Balaban J connectivity index is 1.91. The van der Waals surface area contributed by atoms with Crippen LogP contribution >= 0.6 is 8.58 Å². The maximum Gasteiger partial charge on any atom is 0.150 e. The van der Waals surface area contributed by atoms with Crippen molar-refractivity contribution in [3.63, 3.8) is 0 Å². The number of para-hydroxylation sites is 1. The number of ether oxygens (including phenoxy) is 1. The van der Waals surface area contributed by atoms with Crippen LogP contribution in [-0.4, -0.2) is 6.29 Å². The number of aldehydes is 1. The fourth-order valence-electron chi connectivity index (χ4n) is 3.36. The maximum atomic E-state index is 11.6. The molecule has 28 heavy (non-hydrogen) atoms. The van der Waals surface area contributed by atoms with Crippen LogP contribution in [0.5, 0.6) is 5.75 Å². The molecule has 0 bridgehead atoms. The van der Waals surface area contributed by atoms with Crippen LogP contribution in [-0.2, 0) is 11.8 Å². The van der Waals surface area contributed by atoms with Crippen LogP contribution in [0.25, 0.3) is 0 Å². The summed E-state index contributed by atoms with van der Waals surface area (Å²) in [7, 11) is 0.463. The van der Waals surface area contributed by atoms with Gasteiger partial charge in [0.1, 0.15) is 12.4 Å². The van der Waals surface area contributed by atoms with Gasteiger partial charge in [0.2, 0.25) is 0 Å². The molecule has 0 fully saturated rings. The van der Waals surface area contributed by atoms with E-state index < -0.39 is 0 Å². The number of carbonyl (C=O) groups excluding carboxylic acids is 1. The van der Waals surface area contributed by atoms with Gasteiger partial charge in [-0.25, -0.2) is 0 Å². The fraction of sp³-hybridized carbons (Fsp3) is 0.240. The molecular weight excluding hydrogens is 363 g/mol. The summed E-state index contributed by atoms with van der Waals surface area (Å²) in [4.78, 5) is 11.6. The van der Waals surface area contributed by atoms with Crippen molar-refractivity contribution in [3.05, 3.63) is 94.5 Å². The van der Waals surface area contributed by atoms with E-state index in [1.54, 1.807) is 0 Å². The topological polar surface area (TPSA) is 26.3 Å². The van der Waals surface area contributed by atoms with Crippen molar-refractivity contribution in [2.24, 2.45) is 0 Å². The number of hydrogen-bond acceptors (Lipinski definition) is 2. The van der Waals surface area contributed by atoms with Crippen molar-refractivity contribution in [3.8, 4) is 5.75 Å². The predicted octanol–water partition coefficient (Wildman–Crippen LogP) is 5.93. The van der Waals surface area contributed by atoms with Gasteiger partial charge in [-0.15, -0.1) is 0 Å². The molecule has 0 saturated carbocycles. The smallest absolute Gasteiger partial charge is 0.150 e. The molecule has 0 aliphatic rings. The summed E-state index contributed by atoms with van der Waals surface area (Å²) in [6.07, 6.45) is 0.967. The van der Waals surface area contributed by atoms with Crippen molar-refractivity contribution in [2.75, 3.05) is 0 Å². The summed E-state index contributed by atoms with van der Waals surface area (Å²) in [5, 5.41) is 0.950. The molecule has 3 rings (SSSR count). The number of benzene rings is 3. The molecule has 0 aromatic heterocycles. The zero-order chi connectivity index (χ0) is 20.1. The number of rotatable bonds is 7. The van der Waals surface area contributed by atoms with Gasteiger partial charge in [0.15, 0.2) is 6.29 Å². The quantitative estimate of drug-likeness (QED) is 0.369. The molecule has 1 atom stereocenters. The van der Waals surface area contributed by atoms with Crippen LogP contribution in [0, 0.1) is 13.8 Å². The van der Waals surface area contributed by atoms with E-state index in [9.17, 15) is 4.79 Å². The molecule has 1 unspecified atom stereocenters. The minimum atomic E-state index is -0.148. The van der Waals surface area contributed by atoms with E-state index >= 15 is 0 Å². The molecule has 0 radical (unpaired) electrons. The highest BCUT2D eigenvalue weighted by Crippen LogP contribution is 2.45. The molecule has 0 aliphatic carbocycles. The molecular formula is C25H27O2P. The monoisotopic (exact) mass is 390 g/mol. The van der Waals surface area contributed by atoms with E-state index in [1.165, 1.54) is 5.56 Å². The minimum absolute atomic E-state index is 0.148. The Labute approximate surface area is 169 Å². The Hall–Kier alpha value is -2.44. The summed E-state index contributed by atoms with van der Waals surface area (Å²) >= 11 is 0. The summed E-state index contributed by atoms with van der Waals surface area (Å²) in [5.74, 6) is 0.948. The Morgan fingerprint density at radius 1 is 0.964 bits per heavy atom. The second kappa shape index (κ2) is 8.71. The molecule has 0 saturated heterocycles. The summed E-state index contributed by atoms with van der Waals surface area (Å²) in [5.41, 5.74) is 5.35. The summed E-state index contributed by atoms with van der Waals surface area (Å²) in [6, 6.07) is 22.7. The van der Waals surface area contributed by atoms with E-state index in [-0.39, 0.29) is 5.16 Å². The summed E-state index contributed by atoms with van der Waals surface area (Å²) in [6.45, 7) is 9.10. The van der Waals surface area contributed by atoms with E-state index in [4.69, 9.17) is 4.74 Å². The zero-order valence-electron chi connectivity index (χ0n) is 17.0. The largest absolute Gasteiger partial charge is 0.488 e. The highest BCUT2D eigenvalue weighted by atomic mass is 31.1. The highest BCUT2D eigenvalue weighted by molar-refractivity contribution is 7.48. The van der Waals surface area contributed by atoms with E-state index in [0.717, 1.165) is 39.6 Å². The zero-order valence-corrected chi connectivity index (χ0v) is 18.0. The number of hydrogen-bond donors (Lipinski definition) is 0. The first-order valence-electron chi connectivity index (χ1n) is 9.51. The Morgan fingerprint density at radius 3 is 2.43 bits per heavy atom. The second-order valence-corrected chi connectivity index (χ2v) is 9.72. The van der Waals surface area contributed by atoms with E-state index in [2.05, 4.69) is 63.2 Å². The molecule has 0 aliphatic heterocycles. The molecule has 0 spiro atoms. The van der Waals surface area contributed by atoms with Gasteiger partial charge in [0, 0.05) is 16.3 Å². The average Bonchev–Trinajstić information content (AvgIpc) is 2.69. The van der Waals surface area contributed by atoms with Crippen molar-refractivity contribution in [1.29, 1.82) is 0 Å². The lowest BCUT2D eigenvalue weighted by Gasteiger charge is -2.29. The lowest BCUT2D eigenvalue weighted by atomic mass is 9.98. The predicted molar refractivity (Wildman–Crippen MR) is 119 cm³/mol. The van der Waals surface area contributed by atoms with Crippen LogP contribution < -0.4 is 10.0 Å². The molecule has 2 nitrogen and oxygen atoms in total. The molecule has 0 heterocycles. The Kier molecular flexibility index (Phi) is 6.31. The standard InChI is InChI=1S/C25H27O2P/c1-18-13-14-23(21(15-18)16-26)28-25(3,4)22-12-8-9-19(2)24(22)27-17-20-10-6-5-7-11-20/h5-16,28H,17H2,1-4H3. The maximum absolute atomic E-state index is 11.6.